The maximum atomic E-state index is 13.0. The molecule has 0 spiro atoms. The van der Waals surface area contributed by atoms with Crippen molar-refractivity contribution in [3.63, 3.8) is 0 Å². The molecule has 0 saturated carbocycles. The third kappa shape index (κ3) is 8.03. The Labute approximate surface area is 211 Å². The third-order valence-electron chi connectivity index (χ3n) is 5.59. The molecule has 5 N–H and O–H groups in total. The van der Waals surface area contributed by atoms with Gasteiger partial charge >= 0.3 is 6.03 Å². The summed E-state index contributed by atoms with van der Waals surface area (Å²) in [5, 5.41) is 14.8. The number of carbonyl (C=O) groups excluding carboxylic acids is 2. The summed E-state index contributed by atoms with van der Waals surface area (Å²) in [6, 6.07) is 15.4. The van der Waals surface area contributed by atoms with Gasteiger partial charge in [-0.05, 0) is 55.4 Å². The Morgan fingerprint density at radius 3 is 2.44 bits per heavy atom. The molecule has 0 radical (unpaired) electrons. The van der Waals surface area contributed by atoms with Gasteiger partial charge in [0.15, 0.2) is 0 Å². The molecule has 3 rings (SSSR count). The van der Waals surface area contributed by atoms with Crippen molar-refractivity contribution in [1.29, 1.82) is 0 Å². The first kappa shape index (κ1) is 26.6. The number of hydrogen-bond acceptors (Lipinski definition) is 7. The van der Waals surface area contributed by atoms with Gasteiger partial charge in [-0.15, -0.1) is 0 Å². The maximum absolute atomic E-state index is 13.0. The fourth-order valence-electron chi connectivity index (χ4n) is 3.60. The van der Waals surface area contributed by atoms with Gasteiger partial charge in [0, 0.05) is 32.0 Å². The minimum Gasteiger partial charge on any atom is -0.397 e. The van der Waals surface area contributed by atoms with Gasteiger partial charge in [0.2, 0.25) is 0 Å². The lowest BCUT2D eigenvalue weighted by atomic mass is 10.2. The van der Waals surface area contributed by atoms with Crippen LogP contribution in [0.2, 0.25) is 0 Å². The number of rotatable bonds is 12. The number of nitrogen functional groups attached to an aromatic ring is 1. The molecule has 10 nitrogen and oxygen atoms in total. The van der Waals surface area contributed by atoms with E-state index in [1.807, 2.05) is 6.92 Å². The van der Waals surface area contributed by atoms with Crippen LogP contribution in [-0.2, 0) is 6.54 Å². The molecule has 1 aromatic carbocycles. The fourth-order valence-corrected chi connectivity index (χ4v) is 3.60. The molecular formula is C26H33N7O3. The highest BCUT2D eigenvalue weighted by molar-refractivity contribution is 6.04. The second-order valence-electron chi connectivity index (χ2n) is 8.17. The van der Waals surface area contributed by atoms with Gasteiger partial charge in [0.25, 0.3) is 5.91 Å². The second-order valence-corrected chi connectivity index (χ2v) is 8.17. The molecule has 0 fully saturated rings. The average Bonchev–Trinajstić information content (AvgIpc) is 2.89. The number of pyridine rings is 2. The first-order valence-electron chi connectivity index (χ1n) is 11.9. The molecule has 0 unspecified atom stereocenters. The highest BCUT2D eigenvalue weighted by Gasteiger charge is 2.16. The van der Waals surface area contributed by atoms with E-state index in [0.29, 0.717) is 36.8 Å². The van der Waals surface area contributed by atoms with Crippen molar-refractivity contribution in [3.8, 4) is 0 Å². The summed E-state index contributed by atoms with van der Waals surface area (Å²) in [5.74, 6) is 0.0982. The number of aliphatic hydroxyl groups is 1. The van der Waals surface area contributed by atoms with Gasteiger partial charge in [0.1, 0.15) is 11.5 Å². The van der Waals surface area contributed by atoms with E-state index in [9.17, 15) is 14.7 Å². The average molecular weight is 492 g/mol. The Morgan fingerprint density at radius 2 is 1.78 bits per heavy atom. The molecule has 0 bridgehead atoms. The van der Waals surface area contributed by atoms with Crippen LogP contribution < -0.4 is 16.4 Å². The number of aliphatic hydroxyl groups excluding tert-OH is 1. The highest BCUT2D eigenvalue weighted by atomic mass is 16.3. The van der Waals surface area contributed by atoms with Gasteiger partial charge in [-0.1, -0.05) is 31.2 Å². The van der Waals surface area contributed by atoms with Crippen molar-refractivity contribution in [1.82, 2.24) is 19.8 Å². The van der Waals surface area contributed by atoms with E-state index >= 15 is 0 Å². The molecule has 0 saturated heterocycles. The van der Waals surface area contributed by atoms with Crippen LogP contribution in [0.5, 0.6) is 0 Å². The number of likely N-dealkylation sites (N-methyl/N-ethyl adjacent to an activating group) is 1. The normalized spacial score (nSPS) is 10.8. The summed E-state index contributed by atoms with van der Waals surface area (Å²) < 4.78 is 0. The summed E-state index contributed by atoms with van der Waals surface area (Å²) in [4.78, 5) is 37.9. The van der Waals surface area contributed by atoms with Crippen LogP contribution in [0.15, 0.2) is 67.0 Å². The lowest BCUT2D eigenvalue weighted by Gasteiger charge is -2.25. The number of anilines is 3. The van der Waals surface area contributed by atoms with Crippen LogP contribution in [0.3, 0.4) is 0 Å². The number of para-hydroxylation sites is 2. The smallest absolute Gasteiger partial charge is 0.323 e. The van der Waals surface area contributed by atoms with E-state index < -0.39 is 0 Å². The SMILES string of the molecule is CCN(CCO)CCCN(Cc1ccc(C(=O)Nc2ccccc2N)nc1)C(=O)Nc1ccccn1. The Kier molecular flexibility index (Phi) is 10.2. The molecule has 190 valence electrons. The van der Waals surface area contributed by atoms with E-state index in [1.165, 1.54) is 0 Å². The van der Waals surface area contributed by atoms with Gasteiger partial charge < -0.3 is 26.0 Å². The zero-order valence-corrected chi connectivity index (χ0v) is 20.4. The van der Waals surface area contributed by atoms with Crippen LogP contribution in [-0.4, -0.2) is 69.6 Å². The number of hydrogen-bond donors (Lipinski definition) is 4. The molecule has 0 aliphatic rings. The predicted octanol–water partition coefficient (Wildman–Crippen LogP) is 3.05. The van der Waals surface area contributed by atoms with Crippen molar-refractivity contribution in [2.45, 2.75) is 19.9 Å². The maximum Gasteiger partial charge on any atom is 0.323 e. The van der Waals surface area contributed by atoms with Gasteiger partial charge in [-0.3, -0.25) is 15.1 Å². The number of carbonyl (C=O) groups is 2. The summed E-state index contributed by atoms with van der Waals surface area (Å²) in [6.07, 6.45) is 3.94. The molecule has 0 aliphatic heterocycles. The number of nitrogens with two attached hydrogens (primary N) is 1. The van der Waals surface area contributed by atoms with Gasteiger partial charge in [0.05, 0.1) is 18.0 Å². The third-order valence-corrected chi connectivity index (χ3v) is 5.59. The molecular weight excluding hydrogens is 458 g/mol. The van der Waals surface area contributed by atoms with E-state index in [1.54, 1.807) is 71.9 Å². The van der Waals surface area contributed by atoms with E-state index in [2.05, 4.69) is 25.5 Å². The quantitative estimate of drug-likeness (QED) is 0.286. The lowest BCUT2D eigenvalue weighted by molar-refractivity contribution is 0.102. The lowest BCUT2D eigenvalue weighted by Crippen LogP contribution is -2.37. The number of urea groups is 1. The summed E-state index contributed by atoms with van der Waals surface area (Å²) in [5.41, 5.74) is 7.91. The van der Waals surface area contributed by atoms with Crippen molar-refractivity contribution in [3.05, 3.63) is 78.2 Å². The van der Waals surface area contributed by atoms with E-state index in [4.69, 9.17) is 5.73 Å². The molecule has 3 aromatic rings. The van der Waals surface area contributed by atoms with Gasteiger partial charge in [-0.2, -0.15) is 0 Å². The van der Waals surface area contributed by atoms with Crippen LogP contribution in [0.1, 0.15) is 29.4 Å². The molecule has 2 heterocycles. The molecule has 36 heavy (non-hydrogen) atoms. The number of nitrogens with zero attached hydrogens (tertiary/aromatic N) is 4. The largest absolute Gasteiger partial charge is 0.397 e. The Morgan fingerprint density at radius 1 is 0.972 bits per heavy atom. The highest BCUT2D eigenvalue weighted by Crippen LogP contribution is 2.17. The Bertz CT molecular complexity index is 1110. The first-order chi connectivity index (χ1) is 17.5. The van der Waals surface area contributed by atoms with Gasteiger partial charge in [-0.25, -0.2) is 9.78 Å². The van der Waals surface area contributed by atoms with Crippen molar-refractivity contribution in [2.75, 3.05) is 49.2 Å². The van der Waals surface area contributed by atoms with Crippen LogP contribution in [0.4, 0.5) is 22.0 Å². The van der Waals surface area contributed by atoms with Crippen LogP contribution >= 0.6 is 0 Å². The summed E-state index contributed by atoms with van der Waals surface area (Å²) >= 11 is 0. The monoisotopic (exact) mass is 491 g/mol. The minimum absolute atomic E-state index is 0.0974. The topological polar surface area (TPSA) is 137 Å². The molecule has 3 amide bonds. The number of benzene rings is 1. The number of aromatic nitrogens is 2. The molecule has 0 aliphatic carbocycles. The van der Waals surface area contributed by atoms with Crippen molar-refractivity contribution >= 4 is 29.1 Å². The molecule has 2 aromatic heterocycles. The van der Waals surface area contributed by atoms with Crippen LogP contribution in [0, 0.1) is 0 Å². The second kappa shape index (κ2) is 13.8. The first-order valence-corrected chi connectivity index (χ1v) is 11.9. The van der Waals surface area contributed by atoms with Crippen molar-refractivity contribution < 1.29 is 14.7 Å². The minimum atomic E-state index is -0.368. The molecule has 10 heteroatoms. The van der Waals surface area contributed by atoms with E-state index in [-0.39, 0.29) is 24.2 Å². The number of nitrogens with one attached hydrogen (secondary N) is 2. The molecule has 0 atom stereocenters. The predicted molar refractivity (Wildman–Crippen MR) is 141 cm³/mol. The zero-order chi connectivity index (χ0) is 25.8. The van der Waals surface area contributed by atoms with E-state index in [0.717, 1.165) is 25.1 Å². The number of amides is 3. The van der Waals surface area contributed by atoms with Crippen LogP contribution in [0.25, 0.3) is 0 Å². The summed E-state index contributed by atoms with van der Waals surface area (Å²) in [6.45, 7) is 5.12. The summed E-state index contributed by atoms with van der Waals surface area (Å²) in [7, 11) is 0. The fraction of sp³-hybridized carbons (Fsp3) is 0.308. The zero-order valence-electron chi connectivity index (χ0n) is 20.4. The standard InChI is InChI=1S/C26H33N7O3/c1-2-32(16-17-34)14-7-15-33(26(36)31-24-10-5-6-13-28-24)19-20-11-12-23(29-18-20)25(35)30-22-9-4-3-8-21(22)27/h3-6,8-13,18,34H,2,7,14-17,19,27H2,1H3,(H,30,35)(H,28,31,36). The Hall–Kier alpha value is -4.02. The Balaban J connectivity index is 1.66. The van der Waals surface area contributed by atoms with Crippen molar-refractivity contribution in [2.24, 2.45) is 0 Å².